The third kappa shape index (κ3) is 3.57. The number of amides is 1. The van der Waals surface area contributed by atoms with Gasteiger partial charge in [0.05, 0.1) is 6.61 Å². The van der Waals surface area contributed by atoms with Crippen molar-refractivity contribution in [2.45, 2.75) is 6.42 Å². The first-order valence-corrected chi connectivity index (χ1v) is 7.87. The van der Waals surface area contributed by atoms with Gasteiger partial charge in [0.2, 0.25) is 0 Å². The maximum atomic E-state index is 13.1. The lowest BCUT2D eigenvalue weighted by molar-refractivity contribution is 0.0996. The van der Waals surface area contributed by atoms with Gasteiger partial charge in [-0.2, -0.15) is 0 Å². The molecule has 2 aromatic carbocycles. The molecule has 0 fully saturated rings. The van der Waals surface area contributed by atoms with Crippen molar-refractivity contribution in [2.24, 2.45) is 5.73 Å². The van der Waals surface area contributed by atoms with Gasteiger partial charge in [-0.15, -0.1) is 0 Å². The van der Waals surface area contributed by atoms with Gasteiger partial charge < -0.3 is 20.0 Å². The monoisotopic (exact) mass is 357 g/mol. The van der Waals surface area contributed by atoms with E-state index in [2.05, 4.69) is 0 Å². The molecule has 1 heterocycles. The van der Waals surface area contributed by atoms with E-state index >= 15 is 0 Å². The van der Waals surface area contributed by atoms with Crippen LogP contribution in [0.25, 0.3) is 11.0 Å². The zero-order valence-electron chi connectivity index (χ0n) is 13.7. The maximum Gasteiger partial charge on any atom is 0.349 e. The zero-order valence-corrected chi connectivity index (χ0v) is 13.7. The zero-order chi connectivity index (χ0) is 18.7. The molecule has 1 aromatic heterocycles. The van der Waals surface area contributed by atoms with Crippen molar-refractivity contribution < 1.29 is 23.4 Å². The summed E-state index contributed by atoms with van der Waals surface area (Å²) in [5.74, 6) is -0.861. The Kier molecular flexibility index (Phi) is 4.99. The van der Waals surface area contributed by atoms with Crippen molar-refractivity contribution in [3.05, 3.63) is 75.4 Å². The topological polar surface area (TPSA) is 103 Å². The molecule has 3 aromatic rings. The predicted octanol–water partition coefficient (Wildman–Crippen LogP) is 1.99. The Morgan fingerprint density at radius 1 is 1.19 bits per heavy atom. The molecule has 3 rings (SSSR count). The fourth-order valence-electron chi connectivity index (χ4n) is 2.74. The maximum absolute atomic E-state index is 13.1. The molecule has 7 heteroatoms. The van der Waals surface area contributed by atoms with E-state index in [4.69, 9.17) is 20.0 Å². The Labute approximate surface area is 147 Å². The van der Waals surface area contributed by atoms with Crippen LogP contribution in [0.4, 0.5) is 4.39 Å². The molecular formula is C19H16FNO5. The van der Waals surface area contributed by atoms with Gasteiger partial charge in [0.15, 0.2) is 0 Å². The highest BCUT2D eigenvalue weighted by atomic mass is 19.1. The minimum atomic E-state index is -0.890. The van der Waals surface area contributed by atoms with Gasteiger partial charge in [0, 0.05) is 11.5 Å². The van der Waals surface area contributed by atoms with Gasteiger partial charge in [-0.25, -0.2) is 9.18 Å². The molecule has 0 radical (unpaired) electrons. The van der Waals surface area contributed by atoms with Gasteiger partial charge in [0.1, 0.15) is 29.3 Å². The first-order chi connectivity index (χ1) is 12.5. The molecule has 26 heavy (non-hydrogen) atoms. The highest BCUT2D eigenvalue weighted by molar-refractivity contribution is 5.98. The molecular weight excluding hydrogens is 341 g/mol. The van der Waals surface area contributed by atoms with E-state index < -0.39 is 11.5 Å². The van der Waals surface area contributed by atoms with Crippen LogP contribution in [0.15, 0.2) is 51.7 Å². The molecule has 0 aliphatic rings. The largest absolute Gasteiger partial charge is 0.491 e. The molecule has 134 valence electrons. The summed E-state index contributed by atoms with van der Waals surface area (Å²) in [6.07, 6.45) is 0.206. The van der Waals surface area contributed by atoms with Crippen molar-refractivity contribution in [2.75, 3.05) is 13.2 Å². The standard InChI is InChI=1S/C19H16FNO5/c20-12-3-1-11(2-4-12)9-15-14-6-5-13(25-8-7-22)10-16(14)26-19(24)17(15)18(21)23/h1-6,10,22H,7-9H2,(H2,21,23). The summed E-state index contributed by atoms with van der Waals surface area (Å²) in [5, 5.41) is 9.36. The molecule has 0 aliphatic heterocycles. The number of carbonyl (C=O) groups excluding carboxylic acids is 1. The molecule has 0 saturated heterocycles. The molecule has 1 amide bonds. The average Bonchev–Trinajstić information content (AvgIpc) is 2.61. The van der Waals surface area contributed by atoms with E-state index in [9.17, 15) is 14.0 Å². The highest BCUT2D eigenvalue weighted by Crippen LogP contribution is 2.26. The molecule has 0 bridgehead atoms. The van der Waals surface area contributed by atoms with Gasteiger partial charge >= 0.3 is 5.63 Å². The Hall–Kier alpha value is -3.19. The number of carbonyl (C=O) groups is 1. The van der Waals surface area contributed by atoms with Crippen LogP contribution < -0.4 is 16.1 Å². The lowest BCUT2D eigenvalue weighted by Gasteiger charge is -2.11. The number of aliphatic hydroxyl groups excluding tert-OH is 1. The molecule has 0 spiro atoms. The van der Waals surface area contributed by atoms with E-state index in [1.54, 1.807) is 24.3 Å². The number of hydrogen-bond acceptors (Lipinski definition) is 5. The summed E-state index contributed by atoms with van der Waals surface area (Å²) < 4.78 is 23.6. The minimum absolute atomic E-state index is 0.0948. The number of aliphatic hydroxyl groups is 1. The lowest BCUT2D eigenvalue weighted by Crippen LogP contribution is -2.24. The number of hydrogen-bond donors (Lipinski definition) is 2. The molecule has 0 atom stereocenters. The number of primary amides is 1. The van der Waals surface area contributed by atoms with Crippen LogP contribution in [0.5, 0.6) is 5.75 Å². The normalized spacial score (nSPS) is 10.8. The SMILES string of the molecule is NC(=O)c1c(Cc2ccc(F)cc2)c2ccc(OCCO)cc2oc1=O. The third-order valence-corrected chi connectivity index (χ3v) is 3.89. The Morgan fingerprint density at radius 3 is 2.58 bits per heavy atom. The van der Waals surface area contributed by atoms with Gasteiger partial charge in [0.25, 0.3) is 5.91 Å². The van der Waals surface area contributed by atoms with Crippen LogP contribution in [0.1, 0.15) is 21.5 Å². The number of fused-ring (bicyclic) bond motifs is 1. The van der Waals surface area contributed by atoms with Crippen molar-refractivity contribution >= 4 is 16.9 Å². The van der Waals surface area contributed by atoms with E-state index in [-0.39, 0.29) is 36.6 Å². The predicted molar refractivity (Wildman–Crippen MR) is 92.8 cm³/mol. The van der Waals surface area contributed by atoms with Crippen molar-refractivity contribution in [1.29, 1.82) is 0 Å². The quantitative estimate of drug-likeness (QED) is 0.657. The summed E-state index contributed by atoms with van der Waals surface area (Å²) in [6, 6.07) is 10.5. The molecule has 0 aliphatic carbocycles. The fourth-order valence-corrected chi connectivity index (χ4v) is 2.74. The molecule has 6 nitrogen and oxygen atoms in total. The molecule has 0 unspecified atom stereocenters. The summed E-state index contributed by atoms with van der Waals surface area (Å²) >= 11 is 0. The summed E-state index contributed by atoms with van der Waals surface area (Å²) in [7, 11) is 0. The third-order valence-electron chi connectivity index (χ3n) is 3.89. The van der Waals surface area contributed by atoms with Crippen LogP contribution in [-0.2, 0) is 6.42 Å². The minimum Gasteiger partial charge on any atom is -0.491 e. The van der Waals surface area contributed by atoms with Gasteiger partial charge in [-0.3, -0.25) is 4.79 Å². The van der Waals surface area contributed by atoms with Gasteiger partial charge in [-0.05, 0) is 41.8 Å². The van der Waals surface area contributed by atoms with Crippen molar-refractivity contribution in [3.8, 4) is 5.75 Å². The molecule has 0 saturated carbocycles. The number of benzene rings is 2. The fraction of sp³-hybridized carbons (Fsp3) is 0.158. The van der Waals surface area contributed by atoms with E-state index in [0.29, 0.717) is 22.3 Å². The summed E-state index contributed by atoms with van der Waals surface area (Å²) in [6.45, 7) is -0.0596. The Morgan fingerprint density at radius 2 is 1.92 bits per heavy atom. The highest BCUT2D eigenvalue weighted by Gasteiger charge is 2.19. The van der Waals surface area contributed by atoms with E-state index in [1.165, 1.54) is 18.2 Å². The van der Waals surface area contributed by atoms with Crippen molar-refractivity contribution in [3.63, 3.8) is 0 Å². The van der Waals surface area contributed by atoms with Crippen molar-refractivity contribution in [1.82, 2.24) is 0 Å². The first kappa shape index (κ1) is 17.6. The number of ether oxygens (including phenoxy) is 1. The number of rotatable bonds is 6. The average molecular weight is 357 g/mol. The number of halogens is 1. The summed E-state index contributed by atoms with van der Waals surface area (Å²) in [4.78, 5) is 24.0. The second-order valence-electron chi connectivity index (χ2n) is 5.64. The lowest BCUT2D eigenvalue weighted by atomic mass is 9.97. The van der Waals surface area contributed by atoms with Gasteiger partial charge in [-0.1, -0.05) is 12.1 Å². The first-order valence-electron chi connectivity index (χ1n) is 7.87. The smallest absolute Gasteiger partial charge is 0.349 e. The summed E-state index contributed by atoms with van der Waals surface area (Å²) in [5.41, 5.74) is 5.64. The second kappa shape index (κ2) is 7.37. The van der Waals surface area contributed by atoms with E-state index in [0.717, 1.165) is 0 Å². The van der Waals surface area contributed by atoms with Crippen LogP contribution in [-0.4, -0.2) is 24.2 Å². The Bertz CT molecular complexity index is 1010. The van der Waals surface area contributed by atoms with Crippen LogP contribution >= 0.6 is 0 Å². The van der Waals surface area contributed by atoms with Crippen LogP contribution in [0.2, 0.25) is 0 Å². The second-order valence-corrected chi connectivity index (χ2v) is 5.64. The molecule has 3 N–H and O–H groups in total. The number of nitrogens with two attached hydrogens (primary N) is 1. The Balaban J connectivity index is 2.16. The van der Waals surface area contributed by atoms with Crippen LogP contribution in [0, 0.1) is 5.82 Å². The van der Waals surface area contributed by atoms with Crippen LogP contribution in [0.3, 0.4) is 0 Å². The van der Waals surface area contributed by atoms with E-state index in [1.807, 2.05) is 0 Å².